The Morgan fingerprint density at radius 1 is 1.45 bits per heavy atom. The number of amides is 2. The fourth-order valence-corrected chi connectivity index (χ4v) is 2.23. The number of hydrogen-bond acceptors (Lipinski definition) is 3. The number of nitrogens with zero attached hydrogens (tertiary/aromatic N) is 2. The van der Waals surface area contributed by atoms with Crippen LogP contribution in [0.1, 0.15) is 22.8 Å². The van der Waals surface area contributed by atoms with Gasteiger partial charge in [-0.15, -0.1) is 0 Å². The first-order valence-electron chi connectivity index (χ1n) is 6.47. The van der Waals surface area contributed by atoms with Gasteiger partial charge in [0.05, 0.1) is 18.2 Å². The molecule has 0 spiro atoms. The average Bonchev–Trinajstić information content (AvgIpc) is 2.87. The van der Waals surface area contributed by atoms with Crippen LogP contribution in [0.15, 0.2) is 18.2 Å². The topological polar surface area (TPSA) is 81.1 Å². The van der Waals surface area contributed by atoms with Crippen LogP contribution in [0.2, 0.25) is 0 Å². The fraction of sp³-hybridized carbons (Fsp3) is 0.429. The van der Waals surface area contributed by atoms with E-state index in [1.165, 1.54) is 11.0 Å². The number of carboxylic acids is 1. The molecule has 6 heteroatoms. The summed E-state index contributed by atoms with van der Waals surface area (Å²) >= 11 is 0. The summed E-state index contributed by atoms with van der Waals surface area (Å²) in [4.78, 5) is 26.4. The second kappa shape index (κ2) is 5.50. The Morgan fingerprint density at radius 3 is 2.75 bits per heavy atom. The minimum atomic E-state index is -0.969. The molecular formula is C14H18N2O4. The van der Waals surface area contributed by atoms with E-state index in [1.54, 1.807) is 31.0 Å². The van der Waals surface area contributed by atoms with E-state index in [9.17, 15) is 9.59 Å². The zero-order valence-corrected chi connectivity index (χ0v) is 11.5. The van der Waals surface area contributed by atoms with Crippen molar-refractivity contribution in [2.24, 2.45) is 0 Å². The van der Waals surface area contributed by atoms with Gasteiger partial charge in [-0.1, -0.05) is 0 Å². The third-order valence-electron chi connectivity index (χ3n) is 3.68. The molecule has 0 fully saturated rings. The molecule has 1 heterocycles. The standard InChI is InChI=1S/C14H18N2O4/c1-9(8-17)15(2)14(20)16-6-5-10-7-11(13(18)19)3-4-12(10)16/h3-4,7,9,17H,5-6,8H2,1-2H3,(H,18,19). The maximum atomic E-state index is 12.4. The molecule has 0 aromatic heterocycles. The lowest BCUT2D eigenvalue weighted by Crippen LogP contribution is -2.45. The number of aliphatic hydroxyl groups excluding tert-OH is 1. The Balaban J connectivity index is 2.24. The third-order valence-corrected chi connectivity index (χ3v) is 3.68. The van der Waals surface area contributed by atoms with E-state index < -0.39 is 5.97 Å². The van der Waals surface area contributed by atoms with E-state index in [0.717, 1.165) is 11.3 Å². The number of benzene rings is 1. The van der Waals surface area contributed by atoms with Gasteiger partial charge in [-0.3, -0.25) is 4.90 Å². The number of anilines is 1. The maximum absolute atomic E-state index is 12.4. The molecule has 2 amide bonds. The number of rotatable bonds is 3. The molecular weight excluding hydrogens is 260 g/mol. The first kappa shape index (κ1) is 14.3. The average molecular weight is 278 g/mol. The Hall–Kier alpha value is -2.08. The van der Waals surface area contributed by atoms with Crippen LogP contribution in [0.4, 0.5) is 10.5 Å². The highest BCUT2D eigenvalue weighted by atomic mass is 16.4. The second-order valence-corrected chi connectivity index (χ2v) is 4.98. The van der Waals surface area contributed by atoms with Crippen LogP contribution in [0.5, 0.6) is 0 Å². The Bertz CT molecular complexity index is 544. The van der Waals surface area contributed by atoms with Crippen LogP contribution in [-0.4, -0.2) is 53.4 Å². The van der Waals surface area contributed by atoms with Gasteiger partial charge in [0, 0.05) is 19.3 Å². The monoisotopic (exact) mass is 278 g/mol. The first-order valence-corrected chi connectivity index (χ1v) is 6.47. The molecule has 0 saturated heterocycles. The van der Waals surface area contributed by atoms with Gasteiger partial charge >= 0.3 is 12.0 Å². The lowest BCUT2D eigenvalue weighted by Gasteiger charge is -2.28. The number of carbonyl (C=O) groups excluding carboxylic acids is 1. The summed E-state index contributed by atoms with van der Waals surface area (Å²) in [7, 11) is 1.65. The zero-order chi connectivity index (χ0) is 14.9. The van der Waals surface area contributed by atoms with Crippen molar-refractivity contribution < 1.29 is 19.8 Å². The normalized spacial score (nSPS) is 14.8. The van der Waals surface area contributed by atoms with Gasteiger partial charge in [0.2, 0.25) is 0 Å². The highest BCUT2D eigenvalue weighted by Gasteiger charge is 2.29. The number of aliphatic hydroxyl groups is 1. The summed E-state index contributed by atoms with van der Waals surface area (Å²) in [5, 5.41) is 18.1. The van der Waals surface area contributed by atoms with Crippen molar-refractivity contribution in [1.82, 2.24) is 4.90 Å². The predicted octanol–water partition coefficient (Wildman–Crippen LogP) is 1.18. The van der Waals surface area contributed by atoms with Crippen molar-refractivity contribution in [3.8, 4) is 0 Å². The highest BCUT2D eigenvalue weighted by Crippen LogP contribution is 2.29. The van der Waals surface area contributed by atoms with Crippen molar-refractivity contribution >= 4 is 17.7 Å². The summed E-state index contributed by atoms with van der Waals surface area (Å²) in [6.45, 7) is 2.20. The van der Waals surface area contributed by atoms with Gasteiger partial charge in [-0.05, 0) is 37.1 Å². The molecule has 0 bridgehead atoms. The molecule has 2 N–H and O–H groups in total. The van der Waals surface area contributed by atoms with Gasteiger partial charge < -0.3 is 15.1 Å². The van der Waals surface area contributed by atoms with Crippen molar-refractivity contribution in [3.05, 3.63) is 29.3 Å². The van der Waals surface area contributed by atoms with Gasteiger partial charge in [-0.25, -0.2) is 9.59 Å². The van der Waals surface area contributed by atoms with Crippen LogP contribution in [0, 0.1) is 0 Å². The number of carbonyl (C=O) groups is 2. The van der Waals surface area contributed by atoms with E-state index in [1.807, 2.05) is 0 Å². The van der Waals surface area contributed by atoms with Gasteiger partial charge in [0.1, 0.15) is 0 Å². The SMILES string of the molecule is CC(CO)N(C)C(=O)N1CCc2cc(C(=O)O)ccc21. The van der Waals surface area contributed by atoms with E-state index >= 15 is 0 Å². The fourth-order valence-electron chi connectivity index (χ4n) is 2.23. The summed E-state index contributed by atoms with van der Waals surface area (Å²) < 4.78 is 0. The minimum Gasteiger partial charge on any atom is -0.478 e. The lowest BCUT2D eigenvalue weighted by molar-refractivity contribution is 0.0697. The molecule has 0 saturated carbocycles. The molecule has 20 heavy (non-hydrogen) atoms. The van der Waals surface area contributed by atoms with E-state index in [4.69, 9.17) is 10.2 Å². The Kier molecular flexibility index (Phi) is 3.94. The minimum absolute atomic E-state index is 0.0963. The molecule has 1 aliphatic heterocycles. The zero-order valence-electron chi connectivity index (χ0n) is 11.5. The summed E-state index contributed by atoms with van der Waals surface area (Å²) in [5.41, 5.74) is 1.84. The summed E-state index contributed by atoms with van der Waals surface area (Å²) in [5.74, 6) is -0.969. The smallest absolute Gasteiger partial charge is 0.335 e. The Labute approximate surface area is 117 Å². The molecule has 6 nitrogen and oxygen atoms in total. The van der Waals surface area contributed by atoms with E-state index in [0.29, 0.717) is 13.0 Å². The molecule has 2 rings (SSSR count). The molecule has 1 atom stereocenters. The summed E-state index contributed by atoms with van der Waals surface area (Å²) in [6.07, 6.45) is 0.642. The largest absolute Gasteiger partial charge is 0.478 e. The predicted molar refractivity (Wildman–Crippen MR) is 74.2 cm³/mol. The molecule has 108 valence electrons. The van der Waals surface area contributed by atoms with Crippen LogP contribution >= 0.6 is 0 Å². The lowest BCUT2D eigenvalue weighted by atomic mass is 10.1. The number of hydrogen-bond donors (Lipinski definition) is 2. The van der Waals surface area contributed by atoms with Crippen LogP contribution in [0.25, 0.3) is 0 Å². The number of urea groups is 1. The van der Waals surface area contributed by atoms with Gasteiger partial charge in [-0.2, -0.15) is 0 Å². The molecule has 0 radical (unpaired) electrons. The molecule has 1 aromatic carbocycles. The Morgan fingerprint density at radius 2 is 2.15 bits per heavy atom. The first-order chi connectivity index (χ1) is 9.45. The maximum Gasteiger partial charge on any atom is 0.335 e. The summed E-state index contributed by atoms with van der Waals surface area (Å²) in [6, 6.07) is 4.34. The van der Waals surface area contributed by atoms with Crippen molar-refractivity contribution in [3.63, 3.8) is 0 Å². The van der Waals surface area contributed by atoms with Gasteiger partial charge in [0.15, 0.2) is 0 Å². The van der Waals surface area contributed by atoms with Crippen LogP contribution in [-0.2, 0) is 6.42 Å². The van der Waals surface area contributed by atoms with Crippen molar-refractivity contribution in [2.75, 3.05) is 25.1 Å². The number of likely N-dealkylation sites (N-methyl/N-ethyl adjacent to an activating group) is 1. The third kappa shape index (κ3) is 2.46. The van der Waals surface area contributed by atoms with Gasteiger partial charge in [0.25, 0.3) is 0 Å². The number of fused-ring (bicyclic) bond motifs is 1. The van der Waals surface area contributed by atoms with E-state index in [-0.39, 0.29) is 24.2 Å². The number of carboxylic acid groups (broad SMARTS) is 1. The van der Waals surface area contributed by atoms with Crippen LogP contribution in [0.3, 0.4) is 0 Å². The molecule has 1 aliphatic rings. The molecule has 1 unspecified atom stereocenters. The number of aromatic carboxylic acids is 1. The van der Waals surface area contributed by atoms with E-state index in [2.05, 4.69) is 0 Å². The van der Waals surface area contributed by atoms with Crippen molar-refractivity contribution in [1.29, 1.82) is 0 Å². The highest BCUT2D eigenvalue weighted by molar-refractivity contribution is 5.96. The van der Waals surface area contributed by atoms with Crippen molar-refractivity contribution in [2.45, 2.75) is 19.4 Å². The molecule has 1 aromatic rings. The quantitative estimate of drug-likeness (QED) is 0.870. The second-order valence-electron chi connectivity index (χ2n) is 4.98. The molecule has 0 aliphatic carbocycles. The van der Waals surface area contributed by atoms with Crippen LogP contribution < -0.4 is 4.90 Å².